The zero-order valence-corrected chi connectivity index (χ0v) is 14.6. The van der Waals surface area contributed by atoms with Crippen molar-refractivity contribution >= 4 is 11.6 Å². The van der Waals surface area contributed by atoms with Gasteiger partial charge in [-0.2, -0.15) is 0 Å². The van der Waals surface area contributed by atoms with E-state index < -0.39 is 0 Å². The first-order valence-electron chi connectivity index (χ1n) is 7.69. The van der Waals surface area contributed by atoms with Gasteiger partial charge in [-0.05, 0) is 64.5 Å². The van der Waals surface area contributed by atoms with Crippen LogP contribution in [0.1, 0.15) is 39.2 Å². The van der Waals surface area contributed by atoms with Crippen LogP contribution in [0.15, 0.2) is 18.2 Å². The number of rotatable bonds is 8. The average Bonchev–Trinajstić information content (AvgIpc) is 2.46. The fourth-order valence-corrected chi connectivity index (χ4v) is 2.72. The predicted octanol–water partition coefficient (Wildman–Crippen LogP) is 4.12. The minimum absolute atomic E-state index is 0.0191. The van der Waals surface area contributed by atoms with Crippen molar-refractivity contribution in [3.8, 4) is 0 Å². The summed E-state index contributed by atoms with van der Waals surface area (Å²) in [6.45, 7) is 7.57. The molecule has 4 heteroatoms. The second kappa shape index (κ2) is 8.11. The molecular weight excluding hydrogens is 287 g/mol. The molecule has 0 amide bonds. The van der Waals surface area contributed by atoms with Gasteiger partial charge in [0.2, 0.25) is 0 Å². The van der Waals surface area contributed by atoms with E-state index in [1.807, 2.05) is 6.07 Å². The van der Waals surface area contributed by atoms with E-state index in [-0.39, 0.29) is 22.4 Å². The van der Waals surface area contributed by atoms with Crippen LogP contribution in [0, 0.1) is 5.82 Å². The van der Waals surface area contributed by atoms with Gasteiger partial charge in [-0.15, -0.1) is 0 Å². The quantitative estimate of drug-likeness (QED) is 0.776. The maximum absolute atomic E-state index is 13.7. The van der Waals surface area contributed by atoms with E-state index in [4.69, 9.17) is 11.6 Å². The van der Waals surface area contributed by atoms with Gasteiger partial charge in [-0.1, -0.05) is 31.5 Å². The van der Waals surface area contributed by atoms with E-state index in [0.717, 1.165) is 31.4 Å². The van der Waals surface area contributed by atoms with Crippen LogP contribution >= 0.6 is 11.6 Å². The number of hydrogen-bond acceptors (Lipinski definition) is 2. The first-order valence-corrected chi connectivity index (χ1v) is 8.07. The first-order chi connectivity index (χ1) is 9.85. The second-order valence-corrected chi connectivity index (χ2v) is 6.47. The molecule has 120 valence electrons. The molecule has 0 aliphatic carbocycles. The molecule has 1 aromatic rings. The Bertz CT molecular complexity index is 450. The summed E-state index contributed by atoms with van der Waals surface area (Å²) >= 11 is 5.77. The van der Waals surface area contributed by atoms with Gasteiger partial charge in [0.05, 0.1) is 5.02 Å². The first kappa shape index (κ1) is 18.4. The molecule has 1 rings (SSSR count). The summed E-state index contributed by atoms with van der Waals surface area (Å²) in [7, 11) is 4.21. The third-order valence-corrected chi connectivity index (χ3v) is 4.86. The van der Waals surface area contributed by atoms with Crippen molar-refractivity contribution in [2.75, 3.05) is 20.6 Å². The van der Waals surface area contributed by atoms with E-state index in [2.05, 4.69) is 45.1 Å². The van der Waals surface area contributed by atoms with Crippen LogP contribution < -0.4 is 5.32 Å². The summed E-state index contributed by atoms with van der Waals surface area (Å²) in [6, 6.07) is 5.37. The van der Waals surface area contributed by atoms with Crippen molar-refractivity contribution in [2.24, 2.45) is 0 Å². The van der Waals surface area contributed by atoms with Gasteiger partial charge in [0.25, 0.3) is 0 Å². The fourth-order valence-electron chi connectivity index (χ4n) is 2.61. The summed E-state index contributed by atoms with van der Waals surface area (Å²) in [5.74, 6) is -0.341. The molecular formula is C17H28ClFN2. The fraction of sp³-hybridized carbons (Fsp3) is 0.647. The van der Waals surface area contributed by atoms with Crippen molar-refractivity contribution in [3.05, 3.63) is 34.6 Å². The van der Waals surface area contributed by atoms with Crippen molar-refractivity contribution in [3.63, 3.8) is 0 Å². The molecule has 0 saturated carbocycles. The Hall–Kier alpha value is -0.640. The van der Waals surface area contributed by atoms with Gasteiger partial charge in [0.15, 0.2) is 0 Å². The Morgan fingerprint density at radius 2 is 2.00 bits per heavy atom. The number of nitrogens with zero attached hydrogens (tertiary/aromatic N) is 1. The highest BCUT2D eigenvalue weighted by Crippen LogP contribution is 2.25. The third kappa shape index (κ3) is 4.67. The molecule has 0 radical (unpaired) electrons. The molecule has 0 aliphatic heterocycles. The van der Waals surface area contributed by atoms with Gasteiger partial charge in [0, 0.05) is 11.6 Å². The lowest BCUT2D eigenvalue weighted by molar-refractivity contribution is 0.112. The lowest BCUT2D eigenvalue weighted by Gasteiger charge is -2.43. The minimum Gasteiger partial charge on any atom is -0.312 e. The van der Waals surface area contributed by atoms with Crippen LogP contribution in [0.2, 0.25) is 5.02 Å². The van der Waals surface area contributed by atoms with Crippen molar-refractivity contribution in [1.29, 1.82) is 0 Å². The molecule has 21 heavy (non-hydrogen) atoms. The smallest absolute Gasteiger partial charge is 0.142 e. The predicted molar refractivity (Wildman–Crippen MR) is 89.6 cm³/mol. The molecule has 0 bridgehead atoms. The Morgan fingerprint density at radius 1 is 1.33 bits per heavy atom. The largest absolute Gasteiger partial charge is 0.312 e. The number of benzene rings is 1. The van der Waals surface area contributed by atoms with E-state index in [1.54, 1.807) is 12.1 Å². The molecule has 0 saturated heterocycles. The molecule has 1 aromatic carbocycles. The molecule has 0 spiro atoms. The van der Waals surface area contributed by atoms with Crippen LogP contribution in [-0.2, 0) is 6.42 Å². The van der Waals surface area contributed by atoms with Crippen molar-refractivity contribution < 1.29 is 4.39 Å². The molecule has 0 aliphatic rings. The highest BCUT2D eigenvalue weighted by atomic mass is 35.5. The van der Waals surface area contributed by atoms with Crippen molar-refractivity contribution in [2.45, 2.75) is 51.6 Å². The summed E-state index contributed by atoms with van der Waals surface area (Å²) in [5, 5.41) is 3.81. The van der Waals surface area contributed by atoms with Gasteiger partial charge in [0.1, 0.15) is 5.82 Å². The highest BCUT2D eigenvalue weighted by molar-refractivity contribution is 6.30. The molecule has 0 fully saturated rings. The van der Waals surface area contributed by atoms with E-state index in [1.165, 1.54) is 0 Å². The SMILES string of the molecule is CCCNC(Cc1ccc(Cl)c(F)c1)C(C)(CC)N(C)C. The topological polar surface area (TPSA) is 15.3 Å². The molecule has 2 nitrogen and oxygen atoms in total. The maximum atomic E-state index is 13.7. The number of hydrogen-bond donors (Lipinski definition) is 1. The lowest BCUT2D eigenvalue weighted by atomic mass is 9.84. The minimum atomic E-state index is -0.341. The summed E-state index contributed by atoms with van der Waals surface area (Å²) < 4.78 is 13.7. The average molecular weight is 315 g/mol. The number of halogens is 2. The van der Waals surface area contributed by atoms with E-state index in [0.29, 0.717) is 0 Å². The van der Waals surface area contributed by atoms with Crippen LogP contribution in [0.4, 0.5) is 4.39 Å². The monoisotopic (exact) mass is 314 g/mol. The molecule has 2 atom stereocenters. The summed E-state index contributed by atoms with van der Waals surface area (Å²) in [6.07, 6.45) is 2.90. The van der Waals surface area contributed by atoms with Gasteiger partial charge in [-0.25, -0.2) is 4.39 Å². The van der Waals surface area contributed by atoms with Crippen molar-refractivity contribution in [1.82, 2.24) is 10.2 Å². The molecule has 0 heterocycles. The highest BCUT2D eigenvalue weighted by Gasteiger charge is 2.34. The maximum Gasteiger partial charge on any atom is 0.142 e. The third-order valence-electron chi connectivity index (χ3n) is 4.55. The number of nitrogens with one attached hydrogen (secondary N) is 1. The zero-order chi connectivity index (χ0) is 16.0. The zero-order valence-electron chi connectivity index (χ0n) is 13.8. The summed E-state index contributed by atoms with van der Waals surface area (Å²) in [4.78, 5) is 2.26. The van der Waals surface area contributed by atoms with Gasteiger partial charge < -0.3 is 10.2 Å². The normalized spacial score (nSPS) is 16.0. The van der Waals surface area contributed by atoms with Crippen LogP contribution in [0.3, 0.4) is 0 Å². The van der Waals surface area contributed by atoms with Gasteiger partial charge >= 0.3 is 0 Å². The standard InChI is InChI=1S/C17H28ClFN2/c1-6-10-20-16(17(3,7-2)21(4)5)12-13-8-9-14(18)15(19)11-13/h8-9,11,16,20H,6-7,10,12H2,1-5H3. The van der Waals surface area contributed by atoms with E-state index in [9.17, 15) is 4.39 Å². The van der Waals surface area contributed by atoms with Gasteiger partial charge in [-0.3, -0.25) is 0 Å². The van der Waals surface area contributed by atoms with Crippen LogP contribution in [0.5, 0.6) is 0 Å². The number of likely N-dealkylation sites (N-methyl/N-ethyl adjacent to an activating group) is 1. The Kier molecular flexibility index (Phi) is 7.11. The second-order valence-electron chi connectivity index (χ2n) is 6.06. The van der Waals surface area contributed by atoms with Crippen LogP contribution in [-0.4, -0.2) is 37.1 Å². The van der Waals surface area contributed by atoms with E-state index >= 15 is 0 Å². The molecule has 1 N–H and O–H groups in total. The summed E-state index contributed by atoms with van der Waals surface area (Å²) in [5.41, 5.74) is 0.998. The Labute approximate surface area is 133 Å². The molecule has 0 aromatic heterocycles. The Balaban J connectivity index is 2.99. The Morgan fingerprint density at radius 3 is 2.48 bits per heavy atom. The van der Waals surface area contributed by atoms with Crippen LogP contribution in [0.25, 0.3) is 0 Å². The molecule has 2 unspecified atom stereocenters. The lowest BCUT2D eigenvalue weighted by Crippen LogP contribution is -2.57.